The number of pyridine rings is 1. The normalized spacial score (nSPS) is 11.4. The molecule has 0 unspecified atom stereocenters. The fraction of sp³-hybridized carbons (Fsp3) is 0.217. The third kappa shape index (κ3) is 6.61. The van der Waals surface area contributed by atoms with Gasteiger partial charge in [0.1, 0.15) is 12.2 Å². The zero-order valence-electron chi connectivity index (χ0n) is 20.6. The van der Waals surface area contributed by atoms with Gasteiger partial charge in [-0.3, -0.25) is 9.59 Å². The van der Waals surface area contributed by atoms with Crippen molar-refractivity contribution in [1.29, 1.82) is 5.26 Å². The quantitative estimate of drug-likeness (QED) is 0.294. The largest absolute Gasteiger partial charge is 0.455 e. The predicted molar refractivity (Wildman–Crippen MR) is 130 cm³/mol. The Bertz CT molecular complexity index is 1660. The second-order valence-electron chi connectivity index (χ2n) is 8.27. The molecule has 0 aliphatic rings. The molecular formula is C23H16ClF5N10O2. The number of hydrogen-bond donors (Lipinski definition) is 2. The van der Waals surface area contributed by atoms with Crippen molar-refractivity contribution >= 4 is 29.1 Å². The highest BCUT2D eigenvalue weighted by Crippen LogP contribution is 2.27. The van der Waals surface area contributed by atoms with Crippen LogP contribution in [-0.4, -0.2) is 59.8 Å². The van der Waals surface area contributed by atoms with Gasteiger partial charge in [0.15, 0.2) is 5.82 Å². The number of alkyl halides is 5. The number of amides is 2. The Morgan fingerprint density at radius 2 is 1.93 bits per heavy atom. The standard InChI is InChI=1S/C23H16ClF5N10O2/c1-11-5-12(8-30)6-14(20(40)32-9-17(25)26)18(11)33-21(41)16-7-13(10-38-36-22(34-37-38)23(27,28)29)35-39(16)19-15(24)3-2-4-31-19/h2-7,17H,9-10H2,1H3,(H,32,40)(H,33,41). The van der Waals surface area contributed by atoms with Crippen molar-refractivity contribution in [3.63, 3.8) is 0 Å². The number of benzene rings is 1. The molecule has 0 bridgehead atoms. The number of carbonyl (C=O) groups excluding carboxylic acids is 2. The Morgan fingerprint density at radius 1 is 1.17 bits per heavy atom. The molecule has 0 aliphatic carbocycles. The molecular weight excluding hydrogens is 579 g/mol. The van der Waals surface area contributed by atoms with Gasteiger partial charge >= 0.3 is 6.18 Å². The van der Waals surface area contributed by atoms with Gasteiger partial charge in [0, 0.05) is 6.20 Å². The fourth-order valence-corrected chi connectivity index (χ4v) is 3.77. The van der Waals surface area contributed by atoms with E-state index in [1.54, 1.807) is 0 Å². The summed E-state index contributed by atoms with van der Waals surface area (Å²) >= 11 is 6.24. The number of tetrazole rings is 1. The molecule has 0 fully saturated rings. The molecule has 0 aliphatic heterocycles. The summed E-state index contributed by atoms with van der Waals surface area (Å²) in [5.74, 6) is -3.35. The van der Waals surface area contributed by atoms with Crippen LogP contribution in [0.2, 0.25) is 5.02 Å². The van der Waals surface area contributed by atoms with E-state index >= 15 is 0 Å². The number of hydrogen-bond acceptors (Lipinski definition) is 8. The highest BCUT2D eigenvalue weighted by atomic mass is 35.5. The predicted octanol–water partition coefficient (Wildman–Crippen LogP) is 3.40. The minimum Gasteiger partial charge on any atom is -0.346 e. The SMILES string of the molecule is Cc1cc(C#N)cc(C(=O)NCC(F)F)c1NC(=O)c1cc(Cn2nnc(C(F)(F)F)n2)nn1-c1ncccc1Cl. The van der Waals surface area contributed by atoms with Gasteiger partial charge in [0.2, 0.25) is 0 Å². The average Bonchev–Trinajstić information content (AvgIpc) is 3.56. The summed E-state index contributed by atoms with van der Waals surface area (Å²) in [6.45, 7) is 0.0774. The number of halogens is 6. The van der Waals surface area contributed by atoms with E-state index in [0.29, 0.717) is 4.80 Å². The number of nitrogens with one attached hydrogen (secondary N) is 2. The summed E-state index contributed by atoms with van der Waals surface area (Å²) in [5, 5.41) is 27.7. The Labute approximate surface area is 231 Å². The lowest BCUT2D eigenvalue weighted by Gasteiger charge is -2.15. The minimum absolute atomic E-state index is 0.00874. The molecule has 2 N–H and O–H groups in total. The van der Waals surface area contributed by atoms with Crippen LogP contribution in [0.5, 0.6) is 0 Å². The van der Waals surface area contributed by atoms with Crippen LogP contribution >= 0.6 is 11.6 Å². The maximum absolute atomic E-state index is 13.5. The Balaban J connectivity index is 1.74. The number of aryl methyl sites for hydroxylation is 1. The molecule has 0 saturated carbocycles. The second-order valence-corrected chi connectivity index (χ2v) is 8.67. The number of carbonyl (C=O) groups is 2. The van der Waals surface area contributed by atoms with Crippen LogP contribution in [0.15, 0.2) is 36.5 Å². The van der Waals surface area contributed by atoms with E-state index in [1.165, 1.54) is 37.4 Å². The molecule has 0 spiro atoms. The van der Waals surface area contributed by atoms with Gasteiger partial charge in [-0.05, 0) is 48.0 Å². The fourth-order valence-electron chi connectivity index (χ4n) is 3.57. The van der Waals surface area contributed by atoms with E-state index in [2.05, 4.69) is 30.8 Å². The van der Waals surface area contributed by atoms with Crippen molar-refractivity contribution in [3.8, 4) is 11.9 Å². The van der Waals surface area contributed by atoms with Gasteiger partial charge in [-0.1, -0.05) is 11.6 Å². The third-order valence-electron chi connectivity index (χ3n) is 5.31. The molecule has 0 radical (unpaired) electrons. The van der Waals surface area contributed by atoms with Crippen LogP contribution in [0.3, 0.4) is 0 Å². The summed E-state index contributed by atoms with van der Waals surface area (Å²) in [6.07, 6.45) is -6.32. The first-order valence-electron chi connectivity index (χ1n) is 11.3. The Kier molecular flexibility index (Phi) is 8.23. The lowest BCUT2D eigenvalue weighted by molar-refractivity contribution is -0.145. The van der Waals surface area contributed by atoms with Gasteiger partial charge < -0.3 is 10.6 Å². The molecule has 0 saturated heterocycles. The number of rotatable bonds is 8. The van der Waals surface area contributed by atoms with E-state index < -0.39 is 43.3 Å². The van der Waals surface area contributed by atoms with Gasteiger partial charge in [-0.25, -0.2) is 18.4 Å². The van der Waals surface area contributed by atoms with E-state index in [9.17, 15) is 36.8 Å². The first kappa shape index (κ1) is 29.0. The lowest BCUT2D eigenvalue weighted by Crippen LogP contribution is -2.30. The summed E-state index contributed by atoms with van der Waals surface area (Å²) < 4.78 is 65.1. The molecule has 212 valence electrons. The summed E-state index contributed by atoms with van der Waals surface area (Å²) in [4.78, 5) is 30.9. The highest BCUT2D eigenvalue weighted by molar-refractivity contribution is 6.32. The third-order valence-corrected chi connectivity index (χ3v) is 5.60. The average molecular weight is 595 g/mol. The molecule has 41 heavy (non-hydrogen) atoms. The summed E-state index contributed by atoms with van der Waals surface area (Å²) in [6, 6.07) is 8.51. The number of anilines is 1. The molecule has 1 aromatic carbocycles. The van der Waals surface area contributed by atoms with E-state index in [4.69, 9.17) is 11.6 Å². The van der Waals surface area contributed by atoms with Crippen LogP contribution < -0.4 is 10.6 Å². The first-order chi connectivity index (χ1) is 19.4. The minimum atomic E-state index is -4.83. The van der Waals surface area contributed by atoms with E-state index in [1.807, 2.05) is 11.4 Å². The van der Waals surface area contributed by atoms with Gasteiger partial charge in [0.25, 0.3) is 24.1 Å². The van der Waals surface area contributed by atoms with Gasteiger partial charge in [-0.2, -0.15) is 28.3 Å². The van der Waals surface area contributed by atoms with Crippen molar-refractivity contribution in [1.82, 2.24) is 40.3 Å². The Morgan fingerprint density at radius 3 is 2.56 bits per heavy atom. The Hall–Kier alpha value is -4.98. The molecule has 3 aromatic heterocycles. The smallest absolute Gasteiger partial charge is 0.346 e. The van der Waals surface area contributed by atoms with E-state index in [-0.39, 0.29) is 44.6 Å². The molecule has 12 nitrogen and oxygen atoms in total. The van der Waals surface area contributed by atoms with Crippen molar-refractivity contribution in [2.24, 2.45) is 0 Å². The maximum Gasteiger partial charge on any atom is 0.455 e. The molecule has 4 rings (SSSR count). The van der Waals surface area contributed by atoms with E-state index in [0.717, 1.165) is 10.7 Å². The molecule has 3 heterocycles. The first-order valence-corrected chi connectivity index (χ1v) is 11.7. The zero-order chi connectivity index (χ0) is 29.9. The van der Waals surface area contributed by atoms with Crippen molar-refractivity contribution in [2.75, 3.05) is 11.9 Å². The zero-order valence-corrected chi connectivity index (χ0v) is 21.4. The van der Waals surface area contributed by atoms with Crippen LogP contribution in [0.4, 0.5) is 27.6 Å². The lowest BCUT2D eigenvalue weighted by atomic mass is 10.0. The van der Waals surface area contributed by atoms with Crippen molar-refractivity contribution < 1.29 is 31.5 Å². The number of aromatic nitrogens is 7. The molecule has 0 atom stereocenters. The molecule has 2 amide bonds. The molecule has 4 aromatic rings. The van der Waals surface area contributed by atoms with Crippen LogP contribution in [0.1, 0.15) is 43.5 Å². The van der Waals surface area contributed by atoms with Gasteiger partial charge in [0.05, 0.1) is 40.1 Å². The summed E-state index contributed by atoms with van der Waals surface area (Å²) in [5.41, 5.74) is -0.268. The van der Waals surface area contributed by atoms with Crippen LogP contribution in [0.25, 0.3) is 5.82 Å². The van der Waals surface area contributed by atoms with Crippen molar-refractivity contribution in [3.05, 3.63) is 75.5 Å². The molecule has 18 heteroatoms. The van der Waals surface area contributed by atoms with Crippen LogP contribution in [0, 0.1) is 18.3 Å². The van der Waals surface area contributed by atoms with Crippen LogP contribution in [-0.2, 0) is 12.7 Å². The second kappa shape index (κ2) is 11.6. The number of nitrogens with zero attached hydrogens (tertiary/aromatic N) is 8. The topological polar surface area (TPSA) is 156 Å². The highest BCUT2D eigenvalue weighted by Gasteiger charge is 2.37. The van der Waals surface area contributed by atoms with Crippen molar-refractivity contribution in [2.45, 2.75) is 26.1 Å². The van der Waals surface area contributed by atoms with Gasteiger partial charge in [-0.15, -0.1) is 10.2 Å². The maximum atomic E-state index is 13.5. The number of nitriles is 1. The monoisotopic (exact) mass is 594 g/mol. The summed E-state index contributed by atoms with van der Waals surface area (Å²) in [7, 11) is 0.